The molecule has 0 aliphatic carbocycles. The molecule has 1 atom stereocenters. The number of carbonyl (C=O) groups is 2. The first-order valence-corrected chi connectivity index (χ1v) is 6.94. The van der Waals surface area contributed by atoms with Crippen molar-refractivity contribution in [1.82, 2.24) is 4.90 Å². The molecule has 1 fully saturated rings. The van der Waals surface area contributed by atoms with E-state index in [-0.39, 0.29) is 18.9 Å². The molecule has 1 saturated heterocycles. The Morgan fingerprint density at radius 3 is 2.90 bits per heavy atom. The number of hydrogen-bond donors (Lipinski definition) is 2. The van der Waals surface area contributed by atoms with Gasteiger partial charge in [-0.15, -0.1) is 0 Å². The molecule has 20 heavy (non-hydrogen) atoms. The smallest absolute Gasteiger partial charge is 0.306 e. The maximum atomic E-state index is 12.4. The Morgan fingerprint density at radius 2 is 2.25 bits per heavy atom. The first-order chi connectivity index (χ1) is 9.47. The fraction of sp³-hybridized carbons (Fsp3) is 0.385. The van der Waals surface area contributed by atoms with Crippen LogP contribution >= 0.6 is 15.9 Å². The number of ether oxygens (including phenoxy) is 1. The second-order valence-electron chi connectivity index (χ2n) is 4.58. The SMILES string of the molecule is Nc1ccc(C(=O)N2CCOC(CC(=O)O)C2)cc1Br. The number of amides is 1. The average molecular weight is 343 g/mol. The number of nitrogens with two attached hydrogens (primary N) is 1. The largest absolute Gasteiger partial charge is 0.481 e. The maximum Gasteiger partial charge on any atom is 0.306 e. The van der Waals surface area contributed by atoms with Crippen LogP contribution in [-0.4, -0.2) is 47.7 Å². The van der Waals surface area contributed by atoms with Crippen LogP contribution in [0.1, 0.15) is 16.8 Å². The van der Waals surface area contributed by atoms with E-state index in [4.69, 9.17) is 15.6 Å². The topological polar surface area (TPSA) is 92.9 Å². The molecular formula is C13H15BrN2O4. The van der Waals surface area contributed by atoms with Gasteiger partial charge in [-0.1, -0.05) is 0 Å². The van der Waals surface area contributed by atoms with Crippen LogP contribution < -0.4 is 5.73 Å². The summed E-state index contributed by atoms with van der Waals surface area (Å²) in [4.78, 5) is 24.7. The van der Waals surface area contributed by atoms with Gasteiger partial charge < -0.3 is 20.5 Å². The van der Waals surface area contributed by atoms with Crippen molar-refractivity contribution in [2.45, 2.75) is 12.5 Å². The highest BCUT2D eigenvalue weighted by atomic mass is 79.9. The third-order valence-electron chi connectivity index (χ3n) is 3.08. The van der Waals surface area contributed by atoms with Crippen molar-refractivity contribution in [1.29, 1.82) is 0 Å². The average Bonchev–Trinajstić information content (AvgIpc) is 2.40. The lowest BCUT2D eigenvalue weighted by Gasteiger charge is -2.32. The highest BCUT2D eigenvalue weighted by molar-refractivity contribution is 9.10. The normalized spacial score (nSPS) is 18.9. The molecule has 108 valence electrons. The molecule has 3 N–H and O–H groups in total. The van der Waals surface area contributed by atoms with Gasteiger partial charge in [0.1, 0.15) is 0 Å². The molecule has 0 spiro atoms. The Hall–Kier alpha value is -1.60. The molecule has 2 rings (SSSR count). The number of hydrogen-bond acceptors (Lipinski definition) is 4. The minimum absolute atomic E-state index is 0.102. The van der Waals surface area contributed by atoms with Gasteiger partial charge in [0.05, 0.1) is 19.1 Å². The van der Waals surface area contributed by atoms with E-state index in [1.165, 1.54) is 0 Å². The molecule has 1 amide bonds. The van der Waals surface area contributed by atoms with Crippen molar-refractivity contribution in [3.63, 3.8) is 0 Å². The molecule has 0 aromatic heterocycles. The van der Waals surface area contributed by atoms with E-state index in [9.17, 15) is 9.59 Å². The number of benzene rings is 1. The van der Waals surface area contributed by atoms with Crippen LogP contribution in [0.3, 0.4) is 0 Å². The number of halogens is 1. The van der Waals surface area contributed by atoms with Gasteiger partial charge >= 0.3 is 5.97 Å². The van der Waals surface area contributed by atoms with Crippen molar-refractivity contribution in [3.8, 4) is 0 Å². The molecule has 0 radical (unpaired) electrons. The molecule has 1 aromatic carbocycles. The first-order valence-electron chi connectivity index (χ1n) is 6.15. The lowest BCUT2D eigenvalue weighted by atomic mass is 10.1. The van der Waals surface area contributed by atoms with Crippen molar-refractivity contribution < 1.29 is 19.4 Å². The molecule has 1 aliphatic rings. The van der Waals surface area contributed by atoms with E-state index >= 15 is 0 Å². The zero-order valence-corrected chi connectivity index (χ0v) is 12.3. The third kappa shape index (κ3) is 3.49. The minimum Gasteiger partial charge on any atom is -0.481 e. The summed E-state index contributed by atoms with van der Waals surface area (Å²) in [6, 6.07) is 4.98. The summed E-state index contributed by atoms with van der Waals surface area (Å²) in [7, 11) is 0. The molecule has 1 heterocycles. The predicted octanol–water partition coefficient (Wildman–Crippen LogP) is 1.35. The summed E-state index contributed by atoms with van der Waals surface area (Å²) in [5, 5.41) is 8.77. The molecule has 1 unspecified atom stereocenters. The van der Waals surface area contributed by atoms with E-state index < -0.39 is 12.1 Å². The fourth-order valence-electron chi connectivity index (χ4n) is 2.06. The molecule has 1 aromatic rings. The number of carboxylic acids is 1. The van der Waals surface area contributed by atoms with Gasteiger partial charge in [0.15, 0.2) is 0 Å². The molecule has 7 heteroatoms. The van der Waals surface area contributed by atoms with Crippen LogP contribution in [0.5, 0.6) is 0 Å². The van der Waals surface area contributed by atoms with Crippen LogP contribution in [0.4, 0.5) is 5.69 Å². The lowest BCUT2D eigenvalue weighted by Crippen LogP contribution is -2.46. The Balaban J connectivity index is 2.08. The van der Waals surface area contributed by atoms with E-state index in [1.807, 2.05) is 0 Å². The summed E-state index contributed by atoms with van der Waals surface area (Å²) in [5.74, 6) is -1.08. The van der Waals surface area contributed by atoms with Crippen molar-refractivity contribution in [2.75, 3.05) is 25.4 Å². The number of rotatable bonds is 3. The molecule has 0 bridgehead atoms. The van der Waals surface area contributed by atoms with Gasteiger partial charge in [-0.05, 0) is 34.1 Å². The monoisotopic (exact) mass is 342 g/mol. The predicted molar refractivity (Wildman–Crippen MR) is 76.5 cm³/mol. The third-order valence-corrected chi connectivity index (χ3v) is 3.76. The van der Waals surface area contributed by atoms with Gasteiger partial charge in [-0.25, -0.2) is 0 Å². The number of carbonyl (C=O) groups excluding carboxylic acids is 1. The van der Waals surface area contributed by atoms with Gasteiger partial charge in [-0.2, -0.15) is 0 Å². The number of aliphatic carboxylic acids is 1. The number of nitrogen functional groups attached to an aromatic ring is 1. The van der Waals surface area contributed by atoms with E-state index in [1.54, 1.807) is 23.1 Å². The Morgan fingerprint density at radius 1 is 1.50 bits per heavy atom. The summed E-state index contributed by atoms with van der Waals surface area (Å²) < 4.78 is 6.01. The van der Waals surface area contributed by atoms with Crippen molar-refractivity contribution >= 4 is 33.5 Å². The first kappa shape index (κ1) is 14.8. The zero-order valence-electron chi connectivity index (χ0n) is 10.7. The standard InChI is InChI=1S/C13H15BrN2O4/c14-10-5-8(1-2-11(10)15)13(19)16-3-4-20-9(7-16)6-12(17)18/h1-2,5,9H,3-4,6-7,15H2,(H,17,18). The quantitative estimate of drug-likeness (QED) is 0.808. The number of nitrogens with zero attached hydrogens (tertiary/aromatic N) is 1. The highest BCUT2D eigenvalue weighted by Crippen LogP contribution is 2.22. The highest BCUT2D eigenvalue weighted by Gasteiger charge is 2.26. The Kier molecular flexibility index (Phi) is 4.61. The van der Waals surface area contributed by atoms with Gasteiger partial charge in [0.25, 0.3) is 5.91 Å². The molecule has 1 aliphatic heterocycles. The second kappa shape index (κ2) is 6.23. The molecule has 6 nitrogen and oxygen atoms in total. The molecule has 0 saturated carbocycles. The van der Waals surface area contributed by atoms with Crippen molar-refractivity contribution in [3.05, 3.63) is 28.2 Å². The Bertz CT molecular complexity index is 535. The van der Waals surface area contributed by atoms with E-state index in [2.05, 4.69) is 15.9 Å². The number of morpholine rings is 1. The van der Waals surface area contributed by atoms with Gasteiger partial charge in [-0.3, -0.25) is 9.59 Å². The fourth-order valence-corrected chi connectivity index (χ4v) is 2.44. The summed E-state index contributed by atoms with van der Waals surface area (Å²) in [5.41, 5.74) is 6.77. The lowest BCUT2D eigenvalue weighted by molar-refractivity contribution is -0.141. The second-order valence-corrected chi connectivity index (χ2v) is 5.43. The van der Waals surface area contributed by atoms with Gasteiger partial charge in [0, 0.05) is 28.8 Å². The number of anilines is 1. The van der Waals surface area contributed by atoms with Crippen molar-refractivity contribution in [2.24, 2.45) is 0 Å². The van der Waals surface area contributed by atoms with Crippen LogP contribution in [0.25, 0.3) is 0 Å². The summed E-state index contributed by atoms with van der Waals surface area (Å²) >= 11 is 3.28. The summed E-state index contributed by atoms with van der Waals surface area (Å²) in [6.07, 6.45) is -0.558. The van der Waals surface area contributed by atoms with Crippen LogP contribution in [0, 0.1) is 0 Å². The van der Waals surface area contributed by atoms with Crippen LogP contribution in [0.15, 0.2) is 22.7 Å². The zero-order chi connectivity index (χ0) is 14.7. The number of carboxylic acid groups (broad SMARTS) is 1. The maximum absolute atomic E-state index is 12.4. The van der Waals surface area contributed by atoms with Crippen LogP contribution in [-0.2, 0) is 9.53 Å². The van der Waals surface area contributed by atoms with Gasteiger partial charge in [0.2, 0.25) is 0 Å². The minimum atomic E-state index is -0.931. The van der Waals surface area contributed by atoms with E-state index in [0.717, 1.165) is 0 Å². The summed E-state index contributed by atoms with van der Waals surface area (Å²) in [6.45, 7) is 1.09. The van der Waals surface area contributed by atoms with Crippen LogP contribution in [0.2, 0.25) is 0 Å². The Labute approximate surface area is 124 Å². The molecular weight excluding hydrogens is 328 g/mol. The van der Waals surface area contributed by atoms with E-state index in [0.29, 0.717) is 28.9 Å².